The molecule has 1 aliphatic rings. The number of nitrogens with zero attached hydrogens (tertiary/aromatic N) is 3. The number of benzene rings is 1. The summed E-state index contributed by atoms with van der Waals surface area (Å²) in [6.45, 7) is 6.27. The molecule has 3 aromatic rings. The van der Waals surface area contributed by atoms with Crippen LogP contribution in [-0.2, 0) is 17.8 Å². The predicted molar refractivity (Wildman–Crippen MR) is 124 cm³/mol. The molecular formula is C26H29FN4O2. The van der Waals surface area contributed by atoms with Gasteiger partial charge in [0, 0.05) is 5.69 Å². The largest absolute Gasteiger partial charge is 0.467 e. The highest BCUT2D eigenvalue weighted by Crippen LogP contribution is 2.28. The summed E-state index contributed by atoms with van der Waals surface area (Å²) in [6, 6.07) is 12.7. The molecule has 4 rings (SSSR count). The summed E-state index contributed by atoms with van der Waals surface area (Å²) in [4.78, 5) is 15.0. The highest BCUT2D eigenvalue weighted by Gasteiger charge is 2.24. The van der Waals surface area contributed by atoms with Gasteiger partial charge in [-0.3, -0.25) is 9.69 Å². The lowest BCUT2D eigenvalue weighted by Gasteiger charge is -2.31. The van der Waals surface area contributed by atoms with Crippen LogP contribution in [0.2, 0.25) is 0 Å². The average molecular weight is 449 g/mol. The van der Waals surface area contributed by atoms with Gasteiger partial charge in [0.15, 0.2) is 0 Å². The second kappa shape index (κ2) is 10.1. The summed E-state index contributed by atoms with van der Waals surface area (Å²) in [7, 11) is 0. The molecule has 0 bridgehead atoms. The van der Waals surface area contributed by atoms with Gasteiger partial charge in [0.1, 0.15) is 23.5 Å². The summed E-state index contributed by atoms with van der Waals surface area (Å²) in [5.74, 6) is 1.49. The van der Waals surface area contributed by atoms with Crippen molar-refractivity contribution >= 4 is 11.7 Å². The molecule has 1 saturated heterocycles. The van der Waals surface area contributed by atoms with Gasteiger partial charge in [-0.1, -0.05) is 12.1 Å². The number of aromatic nitrogens is 1. The van der Waals surface area contributed by atoms with E-state index in [0.717, 1.165) is 54.9 Å². The predicted octanol–water partition coefficient (Wildman–Crippen LogP) is 4.65. The number of likely N-dealkylation sites (tertiary alicyclic amines) is 1. The standard InChI is InChI=1S/C26H29FN4O2/c1-18-19(2)31(16-23-4-3-13-33-23)26(24(18)15-28)29-25(32)17-30-11-9-21(10-12-30)14-20-5-7-22(27)8-6-20/h3-8,13,21H,9-12,14,16-17H2,1-2H3,(H,29,32). The monoisotopic (exact) mass is 448 g/mol. The zero-order chi connectivity index (χ0) is 23.4. The Morgan fingerprint density at radius 2 is 1.94 bits per heavy atom. The summed E-state index contributed by atoms with van der Waals surface area (Å²) >= 11 is 0. The van der Waals surface area contributed by atoms with E-state index in [2.05, 4.69) is 16.3 Å². The molecule has 0 aliphatic carbocycles. The van der Waals surface area contributed by atoms with Crippen LogP contribution in [0.15, 0.2) is 47.1 Å². The average Bonchev–Trinajstić information content (AvgIpc) is 3.39. The maximum Gasteiger partial charge on any atom is 0.239 e. The van der Waals surface area contributed by atoms with Crippen LogP contribution in [0.25, 0.3) is 0 Å². The molecule has 1 aromatic carbocycles. The van der Waals surface area contributed by atoms with Crippen molar-refractivity contribution in [2.24, 2.45) is 5.92 Å². The maximum absolute atomic E-state index is 13.1. The summed E-state index contributed by atoms with van der Waals surface area (Å²) in [6.07, 6.45) is 4.55. The van der Waals surface area contributed by atoms with E-state index < -0.39 is 0 Å². The van der Waals surface area contributed by atoms with Crippen LogP contribution in [0.5, 0.6) is 0 Å². The first-order valence-corrected chi connectivity index (χ1v) is 11.3. The van der Waals surface area contributed by atoms with Crippen molar-refractivity contribution < 1.29 is 13.6 Å². The lowest BCUT2D eigenvalue weighted by Crippen LogP contribution is -2.39. The van der Waals surface area contributed by atoms with E-state index in [1.54, 1.807) is 6.26 Å². The van der Waals surface area contributed by atoms with E-state index in [-0.39, 0.29) is 18.3 Å². The topological polar surface area (TPSA) is 74.2 Å². The smallest absolute Gasteiger partial charge is 0.239 e. The van der Waals surface area contributed by atoms with Crippen LogP contribution in [-0.4, -0.2) is 35.0 Å². The number of nitrogens with one attached hydrogen (secondary N) is 1. The second-order valence-corrected chi connectivity index (χ2v) is 8.81. The molecule has 172 valence electrons. The lowest BCUT2D eigenvalue weighted by molar-refractivity contribution is -0.117. The first kappa shape index (κ1) is 22.8. The van der Waals surface area contributed by atoms with Crippen molar-refractivity contribution in [1.82, 2.24) is 9.47 Å². The molecule has 0 spiro atoms. The molecule has 1 aliphatic heterocycles. The van der Waals surface area contributed by atoms with E-state index in [1.807, 2.05) is 42.7 Å². The van der Waals surface area contributed by atoms with Gasteiger partial charge in [-0.2, -0.15) is 5.26 Å². The zero-order valence-electron chi connectivity index (χ0n) is 19.1. The second-order valence-electron chi connectivity index (χ2n) is 8.81. The third-order valence-electron chi connectivity index (χ3n) is 6.60. The lowest BCUT2D eigenvalue weighted by atomic mass is 9.90. The molecule has 3 heterocycles. The first-order valence-electron chi connectivity index (χ1n) is 11.3. The maximum atomic E-state index is 13.1. The number of hydrogen-bond donors (Lipinski definition) is 1. The fourth-order valence-corrected chi connectivity index (χ4v) is 4.56. The van der Waals surface area contributed by atoms with Gasteiger partial charge in [-0.25, -0.2) is 4.39 Å². The van der Waals surface area contributed by atoms with Gasteiger partial charge in [0.2, 0.25) is 5.91 Å². The number of furan rings is 1. The van der Waals surface area contributed by atoms with Crippen molar-refractivity contribution in [2.45, 2.75) is 39.7 Å². The Morgan fingerprint density at radius 3 is 2.58 bits per heavy atom. The molecule has 6 nitrogen and oxygen atoms in total. The number of amides is 1. The first-order chi connectivity index (χ1) is 15.9. The number of piperidine rings is 1. The minimum absolute atomic E-state index is 0.123. The number of nitriles is 1. The van der Waals surface area contributed by atoms with Gasteiger partial charge >= 0.3 is 0 Å². The molecule has 0 radical (unpaired) electrons. The highest BCUT2D eigenvalue weighted by molar-refractivity contribution is 5.93. The third kappa shape index (κ3) is 5.35. The number of halogens is 1. The molecule has 0 saturated carbocycles. The minimum Gasteiger partial charge on any atom is -0.467 e. The summed E-state index contributed by atoms with van der Waals surface area (Å²) < 4.78 is 20.5. The normalized spacial score (nSPS) is 14.8. The highest BCUT2D eigenvalue weighted by atomic mass is 19.1. The van der Waals surface area contributed by atoms with Gasteiger partial charge in [-0.15, -0.1) is 0 Å². The van der Waals surface area contributed by atoms with Gasteiger partial charge < -0.3 is 14.3 Å². The molecular weight excluding hydrogens is 419 g/mol. The van der Waals surface area contributed by atoms with Crippen molar-refractivity contribution in [3.8, 4) is 6.07 Å². The van der Waals surface area contributed by atoms with Crippen LogP contribution in [0.1, 0.15) is 41.0 Å². The van der Waals surface area contributed by atoms with E-state index in [1.165, 1.54) is 12.1 Å². The minimum atomic E-state index is -0.208. The van der Waals surface area contributed by atoms with E-state index in [9.17, 15) is 14.4 Å². The Morgan fingerprint density at radius 1 is 1.21 bits per heavy atom. The zero-order valence-corrected chi connectivity index (χ0v) is 19.1. The molecule has 33 heavy (non-hydrogen) atoms. The molecule has 1 amide bonds. The molecule has 1 fully saturated rings. The van der Waals surface area contributed by atoms with Crippen LogP contribution in [0.3, 0.4) is 0 Å². The van der Waals surface area contributed by atoms with Crippen LogP contribution < -0.4 is 5.32 Å². The molecule has 0 atom stereocenters. The SMILES string of the molecule is Cc1c(C#N)c(NC(=O)CN2CCC(Cc3ccc(F)cc3)CC2)n(Cc2ccco2)c1C. The van der Waals surface area contributed by atoms with Crippen LogP contribution in [0.4, 0.5) is 10.2 Å². The molecule has 2 aromatic heterocycles. The van der Waals surface area contributed by atoms with Crippen molar-refractivity contribution in [3.05, 3.63) is 76.6 Å². The van der Waals surface area contributed by atoms with Crippen molar-refractivity contribution in [1.29, 1.82) is 5.26 Å². The quantitative estimate of drug-likeness (QED) is 0.571. The number of anilines is 1. The number of rotatable bonds is 7. The molecule has 7 heteroatoms. The van der Waals surface area contributed by atoms with E-state index >= 15 is 0 Å². The van der Waals surface area contributed by atoms with E-state index in [0.29, 0.717) is 23.8 Å². The Balaban J connectivity index is 1.36. The number of hydrogen-bond acceptors (Lipinski definition) is 4. The summed E-state index contributed by atoms with van der Waals surface area (Å²) in [5, 5.41) is 12.7. The van der Waals surface area contributed by atoms with Gasteiger partial charge in [-0.05, 0) is 87.5 Å². The number of carbonyl (C=O) groups excluding carboxylic acids is 1. The Hall–Kier alpha value is -3.37. The van der Waals surface area contributed by atoms with Crippen molar-refractivity contribution in [3.63, 3.8) is 0 Å². The fraction of sp³-hybridized carbons (Fsp3) is 0.385. The van der Waals surface area contributed by atoms with Crippen molar-refractivity contribution in [2.75, 3.05) is 25.0 Å². The van der Waals surface area contributed by atoms with E-state index in [4.69, 9.17) is 4.42 Å². The number of carbonyl (C=O) groups is 1. The Labute approximate surface area is 193 Å². The molecule has 1 N–H and O–H groups in total. The Kier molecular flexibility index (Phi) is 6.95. The fourth-order valence-electron chi connectivity index (χ4n) is 4.56. The summed E-state index contributed by atoms with van der Waals surface area (Å²) in [5.41, 5.74) is 3.44. The Bertz CT molecular complexity index is 1130. The van der Waals surface area contributed by atoms with Crippen LogP contribution in [0, 0.1) is 36.9 Å². The van der Waals surface area contributed by atoms with Crippen LogP contribution >= 0.6 is 0 Å². The molecule has 0 unspecified atom stereocenters. The van der Waals surface area contributed by atoms with Gasteiger partial charge in [0.05, 0.1) is 24.9 Å². The third-order valence-corrected chi connectivity index (χ3v) is 6.60. The van der Waals surface area contributed by atoms with Gasteiger partial charge in [0.25, 0.3) is 0 Å².